The topological polar surface area (TPSA) is 74.2 Å². The van der Waals surface area contributed by atoms with Crippen LogP contribution in [0.3, 0.4) is 0 Å². The van der Waals surface area contributed by atoms with E-state index < -0.39 is 5.92 Å². The number of carbonyl (C=O) groups is 2. The van der Waals surface area contributed by atoms with E-state index in [1.807, 2.05) is 0 Å². The van der Waals surface area contributed by atoms with Crippen molar-refractivity contribution in [3.63, 3.8) is 0 Å². The molecule has 0 unspecified atom stereocenters. The number of amides is 2. The van der Waals surface area contributed by atoms with Gasteiger partial charge in [-0.25, -0.2) is 0 Å². The van der Waals surface area contributed by atoms with Gasteiger partial charge >= 0.3 is 0 Å². The lowest BCUT2D eigenvalue weighted by Crippen LogP contribution is -2.61. The van der Waals surface area contributed by atoms with E-state index in [2.05, 4.69) is 15.2 Å². The van der Waals surface area contributed by atoms with Gasteiger partial charge in [-0.1, -0.05) is 19.3 Å². The second kappa shape index (κ2) is 8.82. The minimum atomic E-state index is -0.863. The van der Waals surface area contributed by atoms with E-state index in [0.717, 1.165) is 58.5 Å². The van der Waals surface area contributed by atoms with E-state index in [9.17, 15) is 9.59 Å². The van der Waals surface area contributed by atoms with Crippen LogP contribution in [0.2, 0.25) is 0 Å². The molecule has 0 bridgehead atoms. The highest BCUT2D eigenvalue weighted by atomic mass is 32.1. The molecule has 0 aromatic carbocycles. The number of ether oxygens (including phenoxy) is 1. The average molecular weight is 366 g/mol. The molecular formula is C17H26N4O3S. The van der Waals surface area contributed by atoms with Gasteiger partial charge in [0.2, 0.25) is 11.8 Å². The van der Waals surface area contributed by atoms with Gasteiger partial charge in [-0.3, -0.25) is 24.4 Å². The lowest BCUT2D eigenvalue weighted by atomic mass is 9.92. The molecule has 1 aliphatic carbocycles. The third kappa shape index (κ3) is 4.62. The largest absolute Gasteiger partial charge is 0.379 e. The molecule has 25 heavy (non-hydrogen) atoms. The summed E-state index contributed by atoms with van der Waals surface area (Å²) in [7, 11) is 0. The molecule has 0 radical (unpaired) electrons. The number of hydrogen-bond donors (Lipinski definition) is 1. The standard InChI is InChI=1S/C17H26N4O3S/c22-15-14(12-18-6-7-20-8-10-24-11-9-20)16(23)21(17(25)19-15)13-4-2-1-3-5-13/h12-14H,1-11H2,(H,19,22,25)/t14-/m1/s1. The number of morpholine rings is 1. The van der Waals surface area contributed by atoms with Crippen LogP contribution in [0.1, 0.15) is 32.1 Å². The SMILES string of the molecule is O=C1NC(=S)N(C2CCCCC2)C(=O)[C@@H]1C=NCCN1CCOCC1. The summed E-state index contributed by atoms with van der Waals surface area (Å²) in [5.41, 5.74) is 0. The van der Waals surface area contributed by atoms with Crippen LogP contribution in [-0.4, -0.2) is 78.4 Å². The van der Waals surface area contributed by atoms with Gasteiger partial charge in [0.25, 0.3) is 0 Å². The van der Waals surface area contributed by atoms with Gasteiger partial charge in [0, 0.05) is 31.9 Å². The Morgan fingerprint density at radius 1 is 1.20 bits per heavy atom. The summed E-state index contributed by atoms with van der Waals surface area (Å²) in [6.45, 7) is 4.70. The van der Waals surface area contributed by atoms with Crippen LogP contribution in [-0.2, 0) is 14.3 Å². The molecule has 0 spiro atoms. The number of carbonyl (C=O) groups excluding carboxylic acids is 2. The van der Waals surface area contributed by atoms with E-state index in [1.54, 1.807) is 4.90 Å². The van der Waals surface area contributed by atoms with E-state index in [0.29, 0.717) is 6.54 Å². The van der Waals surface area contributed by atoms with E-state index in [1.165, 1.54) is 12.6 Å². The zero-order valence-electron chi connectivity index (χ0n) is 14.5. The number of aliphatic imine (C=N–C) groups is 1. The van der Waals surface area contributed by atoms with Crippen LogP contribution < -0.4 is 5.32 Å². The van der Waals surface area contributed by atoms with Gasteiger partial charge in [-0.05, 0) is 25.1 Å². The Kier molecular flexibility index (Phi) is 6.50. The summed E-state index contributed by atoms with van der Waals surface area (Å²) in [6, 6.07) is 0.110. The predicted octanol–water partition coefficient (Wildman–Crippen LogP) is 0.582. The Balaban J connectivity index is 1.57. The van der Waals surface area contributed by atoms with Crippen molar-refractivity contribution in [2.45, 2.75) is 38.1 Å². The molecule has 3 aliphatic rings. The first-order valence-corrected chi connectivity index (χ1v) is 9.55. The quantitative estimate of drug-likeness (QED) is 0.438. The molecule has 2 saturated heterocycles. The first kappa shape index (κ1) is 18.4. The van der Waals surface area contributed by atoms with E-state index in [4.69, 9.17) is 17.0 Å². The van der Waals surface area contributed by atoms with Crippen LogP contribution >= 0.6 is 12.2 Å². The van der Waals surface area contributed by atoms with Crippen LogP contribution in [0.4, 0.5) is 0 Å². The maximum atomic E-state index is 12.8. The first-order valence-electron chi connectivity index (χ1n) is 9.15. The Hall–Kier alpha value is -1.38. The van der Waals surface area contributed by atoms with Crippen molar-refractivity contribution in [3.8, 4) is 0 Å². The molecule has 1 atom stereocenters. The number of thiocarbonyl (C=S) groups is 1. The Morgan fingerprint density at radius 2 is 1.92 bits per heavy atom. The number of hydrogen-bond acceptors (Lipinski definition) is 6. The second-order valence-corrected chi connectivity index (χ2v) is 7.17. The molecule has 0 aromatic heterocycles. The van der Waals surface area contributed by atoms with Gasteiger partial charge < -0.3 is 10.1 Å². The zero-order chi connectivity index (χ0) is 17.6. The molecule has 0 aromatic rings. The van der Waals surface area contributed by atoms with E-state index >= 15 is 0 Å². The maximum absolute atomic E-state index is 12.8. The fourth-order valence-electron chi connectivity index (χ4n) is 3.63. The van der Waals surface area contributed by atoms with Gasteiger partial charge in [0.1, 0.15) is 0 Å². The van der Waals surface area contributed by atoms with Crippen LogP contribution in [0.5, 0.6) is 0 Å². The van der Waals surface area contributed by atoms with Gasteiger partial charge in [0.05, 0.1) is 19.8 Å². The van der Waals surface area contributed by atoms with Gasteiger partial charge in [-0.15, -0.1) is 0 Å². The zero-order valence-corrected chi connectivity index (χ0v) is 15.3. The number of nitrogens with one attached hydrogen (secondary N) is 1. The lowest BCUT2D eigenvalue weighted by molar-refractivity contribution is -0.139. The molecule has 138 valence electrons. The lowest BCUT2D eigenvalue weighted by Gasteiger charge is -2.38. The van der Waals surface area contributed by atoms with Crippen LogP contribution in [0.25, 0.3) is 0 Å². The highest BCUT2D eigenvalue weighted by Gasteiger charge is 2.40. The second-order valence-electron chi connectivity index (χ2n) is 6.78. The third-order valence-corrected chi connectivity index (χ3v) is 5.38. The molecule has 1 N–H and O–H groups in total. The monoisotopic (exact) mass is 366 g/mol. The molecule has 2 heterocycles. The van der Waals surface area contributed by atoms with Crippen LogP contribution in [0, 0.1) is 5.92 Å². The van der Waals surface area contributed by atoms with Gasteiger partial charge in [-0.2, -0.15) is 0 Å². The highest BCUT2D eigenvalue weighted by Crippen LogP contribution is 2.25. The molecule has 7 nitrogen and oxygen atoms in total. The summed E-state index contributed by atoms with van der Waals surface area (Å²) in [5, 5.41) is 2.93. The van der Waals surface area contributed by atoms with Crippen LogP contribution in [0.15, 0.2) is 4.99 Å². The summed E-state index contributed by atoms with van der Waals surface area (Å²) >= 11 is 5.25. The number of rotatable bonds is 5. The normalized spacial score (nSPS) is 27.1. The first-order chi connectivity index (χ1) is 12.2. The van der Waals surface area contributed by atoms with Crippen molar-refractivity contribution in [2.24, 2.45) is 10.9 Å². The minimum absolute atomic E-state index is 0.110. The summed E-state index contributed by atoms with van der Waals surface area (Å²) in [4.78, 5) is 33.2. The molecule has 1 saturated carbocycles. The molecular weight excluding hydrogens is 340 g/mol. The molecule has 2 amide bonds. The van der Waals surface area contributed by atoms with Gasteiger partial charge in [0.15, 0.2) is 11.0 Å². The molecule has 2 aliphatic heterocycles. The van der Waals surface area contributed by atoms with Crippen molar-refractivity contribution < 1.29 is 14.3 Å². The Labute approximate surface area is 153 Å². The van der Waals surface area contributed by atoms with Crippen molar-refractivity contribution in [1.82, 2.24) is 15.1 Å². The molecule has 3 rings (SSSR count). The Bertz CT molecular complexity index is 542. The fraction of sp³-hybridized carbons (Fsp3) is 0.765. The summed E-state index contributed by atoms with van der Waals surface area (Å²) < 4.78 is 5.31. The smallest absolute Gasteiger partial charge is 0.247 e. The average Bonchev–Trinajstić information content (AvgIpc) is 2.62. The fourth-order valence-corrected chi connectivity index (χ4v) is 3.97. The van der Waals surface area contributed by atoms with Crippen molar-refractivity contribution in [1.29, 1.82) is 0 Å². The molecule has 8 heteroatoms. The predicted molar refractivity (Wildman–Crippen MR) is 98.6 cm³/mol. The summed E-state index contributed by atoms with van der Waals surface area (Å²) in [5.74, 6) is -1.45. The molecule has 3 fully saturated rings. The maximum Gasteiger partial charge on any atom is 0.247 e. The Morgan fingerprint density at radius 3 is 2.64 bits per heavy atom. The van der Waals surface area contributed by atoms with Crippen molar-refractivity contribution >= 4 is 35.4 Å². The summed E-state index contributed by atoms with van der Waals surface area (Å²) in [6.07, 6.45) is 6.79. The van der Waals surface area contributed by atoms with Crippen molar-refractivity contribution in [3.05, 3.63) is 0 Å². The van der Waals surface area contributed by atoms with E-state index in [-0.39, 0.29) is 23.0 Å². The van der Waals surface area contributed by atoms with Crippen molar-refractivity contribution in [2.75, 3.05) is 39.4 Å². The number of nitrogens with zero attached hydrogens (tertiary/aromatic N) is 3. The third-order valence-electron chi connectivity index (χ3n) is 5.08. The minimum Gasteiger partial charge on any atom is -0.379 e. The highest BCUT2D eigenvalue weighted by molar-refractivity contribution is 7.80.